The van der Waals surface area contributed by atoms with Gasteiger partial charge in [-0.1, -0.05) is 25.4 Å². The van der Waals surface area contributed by atoms with Gasteiger partial charge in [-0.3, -0.25) is 0 Å². The van der Waals surface area contributed by atoms with Crippen LogP contribution in [0.4, 0.5) is 5.69 Å². The van der Waals surface area contributed by atoms with E-state index in [4.69, 9.17) is 11.6 Å². The average Bonchev–Trinajstić information content (AvgIpc) is 2.13. The van der Waals surface area contributed by atoms with Crippen molar-refractivity contribution >= 4 is 33.1 Å². The van der Waals surface area contributed by atoms with Gasteiger partial charge in [-0.15, -0.1) is 4.40 Å². The number of rotatable bonds is 2. The maximum Gasteiger partial charge on any atom is 0.286 e. The molecule has 4 nitrogen and oxygen atoms in total. The molecule has 1 aromatic rings. The smallest absolute Gasteiger partial charge is 0.286 e. The highest BCUT2D eigenvalue weighted by atomic mass is 35.5. The first kappa shape index (κ1) is 12.4. The van der Waals surface area contributed by atoms with Gasteiger partial charge in [0, 0.05) is 11.4 Å². The second-order valence-corrected chi connectivity index (χ2v) is 6.39. The first-order valence-electron chi connectivity index (χ1n) is 5.29. The van der Waals surface area contributed by atoms with Crippen LogP contribution in [-0.4, -0.2) is 14.3 Å². The van der Waals surface area contributed by atoms with Crippen molar-refractivity contribution in [3.05, 3.63) is 23.2 Å². The summed E-state index contributed by atoms with van der Waals surface area (Å²) >= 11 is 5.85. The van der Waals surface area contributed by atoms with Gasteiger partial charge < -0.3 is 5.32 Å². The van der Waals surface area contributed by atoms with Gasteiger partial charge in [0.25, 0.3) is 10.0 Å². The highest BCUT2D eigenvalue weighted by Gasteiger charge is 2.24. The van der Waals surface area contributed by atoms with Crippen molar-refractivity contribution < 1.29 is 8.42 Å². The van der Waals surface area contributed by atoms with E-state index in [9.17, 15) is 8.42 Å². The summed E-state index contributed by atoms with van der Waals surface area (Å²) in [6.07, 6.45) is 0.588. The Morgan fingerprint density at radius 3 is 2.76 bits per heavy atom. The molecule has 0 spiro atoms. The number of nitrogens with zero attached hydrogens (tertiary/aromatic N) is 1. The Morgan fingerprint density at radius 2 is 2.12 bits per heavy atom. The monoisotopic (exact) mass is 272 g/mol. The molecule has 1 heterocycles. The average molecular weight is 273 g/mol. The van der Waals surface area contributed by atoms with Crippen LogP contribution in [0, 0.1) is 5.92 Å². The summed E-state index contributed by atoms with van der Waals surface area (Å²) in [6.45, 7) is 4.01. The van der Waals surface area contributed by atoms with Gasteiger partial charge in [-0.25, -0.2) is 0 Å². The van der Waals surface area contributed by atoms with Crippen molar-refractivity contribution in [3.63, 3.8) is 0 Å². The molecule has 1 N–H and O–H groups in total. The van der Waals surface area contributed by atoms with Gasteiger partial charge >= 0.3 is 0 Å². The lowest BCUT2D eigenvalue weighted by Crippen LogP contribution is -2.22. The van der Waals surface area contributed by atoms with Crippen LogP contribution >= 0.6 is 11.6 Å². The zero-order valence-electron chi connectivity index (χ0n) is 9.57. The van der Waals surface area contributed by atoms with Crippen LogP contribution in [0.3, 0.4) is 0 Å². The van der Waals surface area contributed by atoms with E-state index in [1.165, 1.54) is 6.07 Å². The van der Waals surface area contributed by atoms with Gasteiger partial charge in [0.15, 0.2) is 0 Å². The van der Waals surface area contributed by atoms with Gasteiger partial charge in [-0.05, 0) is 24.1 Å². The van der Waals surface area contributed by atoms with E-state index < -0.39 is 10.0 Å². The van der Waals surface area contributed by atoms with Crippen LogP contribution in [0.1, 0.15) is 20.3 Å². The molecule has 0 bridgehead atoms. The highest BCUT2D eigenvalue weighted by molar-refractivity contribution is 7.90. The molecule has 1 aliphatic rings. The minimum absolute atomic E-state index is 0.175. The van der Waals surface area contributed by atoms with E-state index in [1.54, 1.807) is 12.1 Å². The molecule has 0 saturated heterocycles. The van der Waals surface area contributed by atoms with Crippen LogP contribution in [0.5, 0.6) is 0 Å². The molecular weight excluding hydrogens is 260 g/mol. The van der Waals surface area contributed by atoms with E-state index in [1.807, 2.05) is 13.8 Å². The summed E-state index contributed by atoms with van der Waals surface area (Å²) in [5.41, 5.74) is 0.503. The standard InChI is InChI=1S/C11H13ClN2O2S/c1-7(2)5-11-13-9-6-8(12)3-4-10(9)17(15,16)14-11/h3-4,6-7H,5H2,1-2H3,(H,13,14). The van der Waals surface area contributed by atoms with Crippen molar-refractivity contribution in [2.45, 2.75) is 25.2 Å². The van der Waals surface area contributed by atoms with Gasteiger partial charge in [0.2, 0.25) is 0 Å². The molecule has 0 radical (unpaired) electrons. The fraction of sp³-hybridized carbons (Fsp3) is 0.364. The van der Waals surface area contributed by atoms with Crippen molar-refractivity contribution in [2.75, 3.05) is 5.32 Å². The number of nitrogens with one attached hydrogen (secondary N) is 1. The molecule has 0 unspecified atom stereocenters. The normalized spacial score (nSPS) is 17.3. The lowest BCUT2D eigenvalue weighted by molar-refractivity contribution is 0.597. The Labute approximate surface area is 106 Å². The molecule has 92 valence electrons. The molecule has 2 rings (SSSR count). The van der Waals surface area contributed by atoms with E-state index in [0.717, 1.165) is 0 Å². The minimum atomic E-state index is -3.59. The Hall–Kier alpha value is -1.07. The maximum absolute atomic E-state index is 11.9. The second-order valence-electron chi connectivity index (χ2n) is 4.38. The molecule has 0 amide bonds. The van der Waals surface area contributed by atoms with Crippen LogP contribution in [-0.2, 0) is 10.0 Å². The molecule has 0 aliphatic carbocycles. The molecule has 0 saturated carbocycles. The Bertz CT molecular complexity index is 579. The fourth-order valence-corrected chi connectivity index (χ4v) is 2.98. The summed E-state index contributed by atoms with van der Waals surface area (Å²) in [7, 11) is -3.59. The number of halogens is 1. The Morgan fingerprint density at radius 1 is 1.41 bits per heavy atom. The second kappa shape index (κ2) is 4.31. The Balaban J connectivity index is 2.47. The third kappa shape index (κ3) is 2.61. The molecule has 1 aromatic carbocycles. The number of sulfonamides is 1. The summed E-state index contributed by atoms with van der Waals surface area (Å²) in [5, 5.41) is 3.51. The van der Waals surface area contributed by atoms with Gasteiger partial charge in [0.1, 0.15) is 10.7 Å². The number of hydrogen-bond acceptors (Lipinski definition) is 3. The third-order valence-electron chi connectivity index (χ3n) is 2.33. The molecule has 6 heteroatoms. The first-order chi connectivity index (χ1) is 7.88. The van der Waals surface area contributed by atoms with Crippen molar-refractivity contribution in [1.82, 2.24) is 0 Å². The van der Waals surface area contributed by atoms with E-state index in [0.29, 0.717) is 28.9 Å². The Kier molecular flexibility index (Phi) is 3.14. The van der Waals surface area contributed by atoms with E-state index >= 15 is 0 Å². The third-order valence-corrected chi connectivity index (χ3v) is 3.94. The zero-order chi connectivity index (χ0) is 12.6. The van der Waals surface area contributed by atoms with Crippen molar-refractivity contribution in [1.29, 1.82) is 0 Å². The molecule has 17 heavy (non-hydrogen) atoms. The SMILES string of the molecule is CC(C)CC1=NS(=O)(=O)c2ccc(Cl)cc2N1. The number of hydrogen-bond donors (Lipinski definition) is 1. The molecule has 0 aromatic heterocycles. The zero-order valence-corrected chi connectivity index (χ0v) is 11.1. The number of fused-ring (bicyclic) bond motifs is 1. The first-order valence-corrected chi connectivity index (χ1v) is 7.11. The predicted molar refractivity (Wildman–Crippen MR) is 69.2 cm³/mol. The van der Waals surface area contributed by atoms with Crippen LogP contribution in [0.25, 0.3) is 0 Å². The summed E-state index contributed by atoms with van der Waals surface area (Å²) < 4.78 is 27.6. The number of amidine groups is 1. The summed E-state index contributed by atoms with van der Waals surface area (Å²) in [5.74, 6) is 0.798. The number of anilines is 1. The van der Waals surface area contributed by atoms with Crippen LogP contribution in [0.15, 0.2) is 27.5 Å². The molecule has 0 fully saturated rings. The van der Waals surface area contributed by atoms with Crippen molar-refractivity contribution in [2.24, 2.45) is 10.3 Å². The quantitative estimate of drug-likeness (QED) is 0.901. The van der Waals surface area contributed by atoms with Crippen LogP contribution < -0.4 is 5.32 Å². The molecule has 0 atom stereocenters. The fourth-order valence-electron chi connectivity index (χ4n) is 1.67. The van der Waals surface area contributed by atoms with Crippen LogP contribution in [0.2, 0.25) is 5.02 Å². The lowest BCUT2D eigenvalue weighted by atomic mass is 10.1. The van der Waals surface area contributed by atoms with E-state index in [2.05, 4.69) is 9.71 Å². The van der Waals surface area contributed by atoms with Crippen molar-refractivity contribution in [3.8, 4) is 0 Å². The summed E-state index contributed by atoms with van der Waals surface area (Å²) in [4.78, 5) is 0.175. The van der Waals surface area contributed by atoms with E-state index in [-0.39, 0.29) is 4.90 Å². The lowest BCUT2D eigenvalue weighted by Gasteiger charge is -2.19. The van der Waals surface area contributed by atoms with Gasteiger partial charge in [0.05, 0.1) is 5.69 Å². The minimum Gasteiger partial charge on any atom is -0.342 e. The molecular formula is C11H13ClN2O2S. The molecule has 1 aliphatic heterocycles. The highest BCUT2D eigenvalue weighted by Crippen LogP contribution is 2.30. The predicted octanol–water partition coefficient (Wildman–Crippen LogP) is 2.90. The largest absolute Gasteiger partial charge is 0.342 e. The summed E-state index contributed by atoms with van der Waals surface area (Å²) in [6, 6.07) is 4.61. The number of benzene rings is 1. The topological polar surface area (TPSA) is 58.5 Å². The maximum atomic E-state index is 11.9. The van der Waals surface area contributed by atoms with Gasteiger partial charge in [-0.2, -0.15) is 8.42 Å².